The fraction of sp³-hybridized carbons (Fsp3) is 0.903. The number of tetrazole rings is 1. The Morgan fingerprint density at radius 3 is 2.32 bits per heavy atom. The number of rotatable bonds is 8. The maximum Gasteiger partial charge on any atom is 0.323 e. The zero-order chi connectivity index (χ0) is 28.1. The largest absolute Gasteiger partial charge is 0.465 e. The van der Waals surface area contributed by atoms with Gasteiger partial charge in [-0.1, -0.05) is 0 Å². The predicted molar refractivity (Wildman–Crippen MR) is 151 cm³/mol. The van der Waals surface area contributed by atoms with Crippen LogP contribution >= 0.6 is 0 Å². The Balaban J connectivity index is 1.02. The van der Waals surface area contributed by atoms with Gasteiger partial charge in [0, 0.05) is 19.0 Å². The van der Waals surface area contributed by atoms with Crippen molar-refractivity contribution in [3.8, 4) is 0 Å². The lowest BCUT2D eigenvalue weighted by atomic mass is 9.52. The minimum Gasteiger partial charge on any atom is -0.465 e. The normalized spacial score (nSPS) is 41.8. The molecule has 41 heavy (non-hydrogen) atoms. The number of nitrogens with zero attached hydrogens (tertiary/aromatic N) is 5. The molecule has 1 aromatic rings. The number of carbonyl (C=O) groups excluding carboxylic acids is 2. The molecule has 1 N–H and O–H groups in total. The molecule has 7 aliphatic rings. The Kier molecular flexibility index (Phi) is 7.81. The van der Waals surface area contributed by atoms with Crippen molar-refractivity contribution in [2.75, 3.05) is 32.8 Å². The fourth-order valence-electron chi connectivity index (χ4n) is 10.2. The number of fused-ring (bicyclic) bond motifs is 1. The molecule has 7 fully saturated rings. The highest BCUT2D eigenvalue weighted by Gasteiger charge is 2.50. The molecular formula is C31H48N6O4. The first-order chi connectivity index (χ1) is 20.0. The molecule has 5 saturated carbocycles. The number of esters is 2. The van der Waals surface area contributed by atoms with Crippen LogP contribution in [-0.4, -0.2) is 82.0 Å². The van der Waals surface area contributed by atoms with Gasteiger partial charge >= 0.3 is 11.9 Å². The summed E-state index contributed by atoms with van der Waals surface area (Å²) in [7, 11) is 0. The number of hydrogen-bond donors (Lipinski definition) is 1. The first-order valence-electron chi connectivity index (χ1n) is 16.6. The number of hydrogen-bond acceptors (Lipinski definition) is 9. The van der Waals surface area contributed by atoms with Crippen LogP contribution in [0.1, 0.15) is 95.8 Å². The minimum atomic E-state index is -0.270. The predicted octanol–water partition coefficient (Wildman–Crippen LogP) is 3.35. The molecule has 5 aliphatic carbocycles. The van der Waals surface area contributed by atoms with Crippen LogP contribution < -0.4 is 5.32 Å². The van der Waals surface area contributed by atoms with Crippen LogP contribution in [-0.2, 0) is 19.1 Å². The number of aromatic nitrogens is 4. The van der Waals surface area contributed by atoms with Crippen molar-refractivity contribution in [2.45, 2.75) is 102 Å². The summed E-state index contributed by atoms with van der Waals surface area (Å²) in [5.74, 6) is 6.10. The van der Waals surface area contributed by atoms with Gasteiger partial charge in [-0.15, -0.1) is 10.2 Å². The van der Waals surface area contributed by atoms with Crippen molar-refractivity contribution in [1.82, 2.24) is 30.4 Å². The summed E-state index contributed by atoms with van der Waals surface area (Å²) >= 11 is 0. The van der Waals surface area contributed by atoms with Gasteiger partial charge in [0.05, 0.1) is 19.3 Å². The van der Waals surface area contributed by atoms with E-state index in [1.165, 1.54) is 38.5 Å². The molecule has 3 heterocycles. The molecule has 1 aromatic heterocycles. The van der Waals surface area contributed by atoms with E-state index in [4.69, 9.17) is 14.6 Å². The van der Waals surface area contributed by atoms with Gasteiger partial charge in [-0.2, -0.15) is 4.80 Å². The van der Waals surface area contributed by atoms with Crippen molar-refractivity contribution in [3.05, 3.63) is 5.82 Å². The Morgan fingerprint density at radius 1 is 0.854 bits per heavy atom. The molecule has 2 aliphatic heterocycles. The van der Waals surface area contributed by atoms with Gasteiger partial charge in [-0.3, -0.25) is 14.5 Å². The van der Waals surface area contributed by atoms with E-state index >= 15 is 0 Å². The lowest BCUT2D eigenvalue weighted by Gasteiger charge is -2.53. The number of ether oxygens (including phenoxy) is 2. The van der Waals surface area contributed by atoms with Crippen LogP contribution in [0.5, 0.6) is 0 Å². The highest BCUT2D eigenvalue weighted by Crippen LogP contribution is 2.59. The summed E-state index contributed by atoms with van der Waals surface area (Å²) in [5.41, 5.74) is 0. The van der Waals surface area contributed by atoms with Gasteiger partial charge in [-0.25, -0.2) is 0 Å². The van der Waals surface area contributed by atoms with E-state index in [0.717, 1.165) is 68.4 Å². The SMILES string of the molecule is CCOC(=O)C1CC2CC(CN3CC(n4nnc(C5C6CC7CC(C6)CC5C7)n4)CC3C(=O)OCC)CCC2CN1. The zero-order valence-corrected chi connectivity index (χ0v) is 24.8. The summed E-state index contributed by atoms with van der Waals surface area (Å²) in [6, 6.07) is -0.431. The van der Waals surface area contributed by atoms with Crippen molar-refractivity contribution in [3.63, 3.8) is 0 Å². The summed E-state index contributed by atoms with van der Waals surface area (Å²) in [6.07, 6.45) is 11.7. The van der Waals surface area contributed by atoms with E-state index in [-0.39, 0.29) is 30.1 Å². The van der Waals surface area contributed by atoms with Crippen LogP contribution in [0.4, 0.5) is 0 Å². The smallest absolute Gasteiger partial charge is 0.323 e. The Bertz CT molecular complexity index is 1080. The molecule has 2 saturated heterocycles. The molecule has 10 heteroatoms. The lowest BCUT2D eigenvalue weighted by molar-refractivity contribution is -0.149. The average Bonchev–Trinajstić information content (AvgIpc) is 3.60. The maximum atomic E-state index is 13.1. The maximum absolute atomic E-state index is 13.1. The van der Waals surface area contributed by atoms with Crippen LogP contribution in [0.3, 0.4) is 0 Å². The molecule has 0 amide bonds. The third-order valence-electron chi connectivity index (χ3n) is 11.7. The number of carbonyl (C=O) groups is 2. The lowest BCUT2D eigenvalue weighted by Crippen LogP contribution is -2.51. The zero-order valence-electron chi connectivity index (χ0n) is 24.8. The number of nitrogens with one attached hydrogen (secondary N) is 1. The first-order valence-corrected chi connectivity index (χ1v) is 16.6. The Labute approximate surface area is 243 Å². The van der Waals surface area contributed by atoms with E-state index in [9.17, 15) is 9.59 Å². The molecule has 6 unspecified atom stereocenters. The van der Waals surface area contributed by atoms with Gasteiger partial charge in [0.25, 0.3) is 0 Å². The van der Waals surface area contributed by atoms with E-state index in [2.05, 4.69) is 20.5 Å². The molecule has 10 nitrogen and oxygen atoms in total. The molecule has 6 atom stereocenters. The van der Waals surface area contributed by atoms with Gasteiger partial charge in [-0.05, 0) is 131 Å². The minimum absolute atomic E-state index is 0.0332. The van der Waals surface area contributed by atoms with Crippen molar-refractivity contribution >= 4 is 11.9 Å². The van der Waals surface area contributed by atoms with Crippen molar-refractivity contribution in [2.24, 2.45) is 41.4 Å². The van der Waals surface area contributed by atoms with Gasteiger partial charge in [0.2, 0.25) is 0 Å². The topological polar surface area (TPSA) is 111 Å². The van der Waals surface area contributed by atoms with Gasteiger partial charge in [0.15, 0.2) is 5.82 Å². The molecule has 226 valence electrons. The second-order valence-corrected chi connectivity index (χ2v) is 14.2. The van der Waals surface area contributed by atoms with E-state index in [1.807, 2.05) is 18.6 Å². The fourth-order valence-corrected chi connectivity index (χ4v) is 10.2. The molecule has 0 aromatic carbocycles. The van der Waals surface area contributed by atoms with Crippen LogP contribution in [0.2, 0.25) is 0 Å². The highest BCUT2D eigenvalue weighted by atomic mass is 16.5. The Hall–Kier alpha value is -2.07. The van der Waals surface area contributed by atoms with E-state index in [1.54, 1.807) is 0 Å². The molecule has 4 bridgehead atoms. The van der Waals surface area contributed by atoms with Gasteiger partial charge in [0.1, 0.15) is 12.1 Å². The quantitative estimate of drug-likeness (QED) is 0.472. The average molecular weight is 569 g/mol. The van der Waals surface area contributed by atoms with E-state index in [0.29, 0.717) is 43.3 Å². The molecule has 0 radical (unpaired) electrons. The Morgan fingerprint density at radius 2 is 1.59 bits per heavy atom. The molecular weight excluding hydrogens is 520 g/mol. The number of likely N-dealkylation sites (tertiary alicyclic amines) is 1. The third kappa shape index (κ3) is 5.43. The molecule has 8 rings (SSSR count). The monoisotopic (exact) mass is 568 g/mol. The standard InChI is InChI=1S/C31H48N6O4/c1-3-40-30(38)26-13-22-8-18(5-6-21(22)15-32-26)16-36-17-25(14-27(36)31(39)41-4-2)37-34-29(33-35-37)28-23-9-19-7-20(11-23)12-24(28)10-19/h18-28,32H,3-17H2,1-2H3. The summed E-state index contributed by atoms with van der Waals surface area (Å²) in [6.45, 7) is 7.07. The summed E-state index contributed by atoms with van der Waals surface area (Å²) in [4.78, 5) is 29.7. The van der Waals surface area contributed by atoms with Crippen LogP contribution in [0, 0.1) is 41.4 Å². The number of piperidine rings is 1. The van der Waals surface area contributed by atoms with Crippen molar-refractivity contribution in [1.29, 1.82) is 0 Å². The van der Waals surface area contributed by atoms with Crippen molar-refractivity contribution < 1.29 is 19.1 Å². The van der Waals surface area contributed by atoms with Crippen LogP contribution in [0.25, 0.3) is 0 Å². The second-order valence-electron chi connectivity index (χ2n) is 14.2. The highest BCUT2D eigenvalue weighted by molar-refractivity contribution is 5.76. The summed E-state index contributed by atoms with van der Waals surface area (Å²) < 4.78 is 10.8. The third-order valence-corrected chi connectivity index (χ3v) is 11.7. The summed E-state index contributed by atoms with van der Waals surface area (Å²) in [5, 5.41) is 17.7. The van der Waals surface area contributed by atoms with Crippen LogP contribution in [0.15, 0.2) is 0 Å². The second kappa shape index (κ2) is 11.5. The molecule has 0 spiro atoms. The first kappa shape index (κ1) is 27.7. The van der Waals surface area contributed by atoms with E-state index < -0.39 is 0 Å². The van der Waals surface area contributed by atoms with Gasteiger partial charge < -0.3 is 14.8 Å².